The molecule has 152 valence electrons. The maximum Gasteiger partial charge on any atom is 0.172 e. The predicted octanol–water partition coefficient (Wildman–Crippen LogP) is 5.54. The molecule has 0 radical (unpaired) electrons. The van der Waals surface area contributed by atoms with Gasteiger partial charge in [-0.15, -0.1) is 0 Å². The van der Waals surface area contributed by atoms with Crippen molar-refractivity contribution in [1.29, 1.82) is 0 Å². The molecule has 0 unspecified atom stereocenters. The molecule has 3 aromatic heterocycles. The van der Waals surface area contributed by atoms with Gasteiger partial charge in [0, 0.05) is 30.6 Å². The molecule has 6 nitrogen and oxygen atoms in total. The third-order valence-electron chi connectivity index (χ3n) is 5.01. The summed E-state index contributed by atoms with van der Waals surface area (Å²) in [5, 5.41) is 17.4. The zero-order chi connectivity index (χ0) is 21.2. The van der Waals surface area contributed by atoms with Gasteiger partial charge in [0.05, 0.1) is 16.4 Å². The van der Waals surface area contributed by atoms with Crippen LogP contribution in [0.15, 0.2) is 89.8 Å². The first kappa shape index (κ1) is 19.3. The summed E-state index contributed by atoms with van der Waals surface area (Å²) in [7, 11) is 0. The van der Waals surface area contributed by atoms with Crippen molar-refractivity contribution in [2.45, 2.75) is 6.54 Å². The summed E-state index contributed by atoms with van der Waals surface area (Å²) in [5.74, 6) is 1.10. The van der Waals surface area contributed by atoms with Crippen LogP contribution >= 0.6 is 15.9 Å². The maximum atomic E-state index is 9.50. The molecule has 0 saturated heterocycles. The van der Waals surface area contributed by atoms with Crippen LogP contribution in [0.4, 0.5) is 5.82 Å². The molecule has 5 rings (SSSR count). The Bertz CT molecular complexity index is 1330. The van der Waals surface area contributed by atoms with Gasteiger partial charge in [-0.05, 0) is 50.8 Å². The van der Waals surface area contributed by atoms with Gasteiger partial charge in [-0.1, -0.05) is 42.5 Å². The van der Waals surface area contributed by atoms with Gasteiger partial charge < -0.3 is 10.4 Å². The second-order valence-electron chi connectivity index (χ2n) is 7.09. The molecule has 2 aromatic carbocycles. The molecular weight excluding hydrogens is 454 g/mol. The second kappa shape index (κ2) is 8.20. The largest absolute Gasteiger partial charge is 0.508 e. The fourth-order valence-electron chi connectivity index (χ4n) is 3.39. The minimum Gasteiger partial charge on any atom is -0.508 e. The first-order valence-corrected chi connectivity index (χ1v) is 10.5. The van der Waals surface area contributed by atoms with E-state index in [1.807, 2.05) is 36.5 Å². The van der Waals surface area contributed by atoms with Crippen molar-refractivity contribution in [3.05, 3.63) is 95.4 Å². The number of phenols is 1. The Labute approximate surface area is 187 Å². The number of rotatable bonds is 5. The summed E-state index contributed by atoms with van der Waals surface area (Å²) in [6, 6.07) is 21.3. The van der Waals surface area contributed by atoms with Crippen LogP contribution in [-0.4, -0.2) is 24.7 Å². The minimum absolute atomic E-state index is 0.260. The number of anilines is 1. The van der Waals surface area contributed by atoms with Crippen LogP contribution in [0.1, 0.15) is 5.56 Å². The third-order valence-corrected chi connectivity index (χ3v) is 5.57. The molecule has 31 heavy (non-hydrogen) atoms. The number of aromatic hydroxyl groups is 1. The van der Waals surface area contributed by atoms with Gasteiger partial charge in [0.2, 0.25) is 0 Å². The number of hydrogen-bond donors (Lipinski definition) is 2. The Kier molecular flexibility index (Phi) is 5.09. The number of pyridine rings is 1. The molecule has 7 heteroatoms. The van der Waals surface area contributed by atoms with Crippen LogP contribution in [0, 0.1) is 0 Å². The molecule has 0 fully saturated rings. The Morgan fingerprint density at radius 2 is 1.61 bits per heavy atom. The number of phenolic OH excluding ortho intramolecular Hbond substituents is 1. The molecular formula is C24H18BrN5O. The zero-order valence-corrected chi connectivity index (χ0v) is 18.0. The summed E-state index contributed by atoms with van der Waals surface area (Å²) >= 11 is 3.55. The molecule has 2 N–H and O–H groups in total. The van der Waals surface area contributed by atoms with Crippen molar-refractivity contribution in [2.24, 2.45) is 0 Å². The third kappa shape index (κ3) is 4.00. The lowest BCUT2D eigenvalue weighted by Crippen LogP contribution is -2.07. The highest BCUT2D eigenvalue weighted by atomic mass is 79.9. The molecule has 0 aliphatic heterocycles. The highest BCUT2D eigenvalue weighted by Crippen LogP contribution is 2.29. The van der Waals surface area contributed by atoms with E-state index >= 15 is 0 Å². The van der Waals surface area contributed by atoms with Crippen LogP contribution in [0.2, 0.25) is 0 Å². The number of aromatic nitrogens is 4. The standard InChI is InChI=1S/C24H18BrN5O/c25-21-15-28-30-23(27-14-16-2-1-11-26-13-16)12-22(29-24(21)30)19-5-3-17(4-6-19)18-7-9-20(31)10-8-18/h1-13,15,27,31H,14H2. The number of hydrogen-bond acceptors (Lipinski definition) is 5. The summed E-state index contributed by atoms with van der Waals surface area (Å²) in [6.45, 7) is 0.629. The van der Waals surface area contributed by atoms with Gasteiger partial charge in [0.25, 0.3) is 0 Å². The lowest BCUT2D eigenvalue weighted by atomic mass is 10.0. The van der Waals surface area contributed by atoms with Crippen LogP contribution < -0.4 is 5.32 Å². The number of nitrogens with one attached hydrogen (secondary N) is 1. The van der Waals surface area contributed by atoms with Crippen molar-refractivity contribution in [1.82, 2.24) is 19.6 Å². The van der Waals surface area contributed by atoms with Gasteiger partial charge in [-0.2, -0.15) is 9.61 Å². The van der Waals surface area contributed by atoms with E-state index in [0.717, 1.165) is 43.9 Å². The summed E-state index contributed by atoms with van der Waals surface area (Å²) in [4.78, 5) is 8.97. The average Bonchev–Trinajstić information content (AvgIpc) is 3.19. The quantitative estimate of drug-likeness (QED) is 0.352. The van der Waals surface area contributed by atoms with Gasteiger partial charge in [-0.3, -0.25) is 4.98 Å². The van der Waals surface area contributed by atoms with Crippen molar-refractivity contribution in [3.8, 4) is 28.1 Å². The number of fused-ring (bicyclic) bond motifs is 1. The molecule has 0 spiro atoms. The monoisotopic (exact) mass is 471 g/mol. The zero-order valence-electron chi connectivity index (χ0n) is 16.4. The van der Waals surface area contributed by atoms with Gasteiger partial charge >= 0.3 is 0 Å². The lowest BCUT2D eigenvalue weighted by Gasteiger charge is -2.11. The van der Waals surface area contributed by atoms with Crippen molar-refractivity contribution in [3.63, 3.8) is 0 Å². The van der Waals surface area contributed by atoms with Gasteiger partial charge in [-0.25, -0.2) is 4.98 Å². The molecule has 0 aliphatic rings. The molecule has 0 aliphatic carbocycles. The van der Waals surface area contributed by atoms with E-state index < -0.39 is 0 Å². The molecule has 3 heterocycles. The summed E-state index contributed by atoms with van der Waals surface area (Å²) in [5.41, 5.74) is 5.80. The molecule has 5 aromatic rings. The van der Waals surface area contributed by atoms with Crippen LogP contribution in [-0.2, 0) is 6.54 Å². The van der Waals surface area contributed by atoms with Crippen LogP contribution in [0.5, 0.6) is 5.75 Å². The Balaban J connectivity index is 1.49. The van der Waals surface area contributed by atoms with Gasteiger partial charge in [0.15, 0.2) is 5.65 Å². The number of halogens is 1. The topological polar surface area (TPSA) is 75.3 Å². The summed E-state index contributed by atoms with van der Waals surface area (Å²) in [6.07, 6.45) is 5.35. The highest BCUT2D eigenvalue weighted by Gasteiger charge is 2.12. The lowest BCUT2D eigenvalue weighted by molar-refractivity contribution is 0.475. The Morgan fingerprint density at radius 3 is 2.32 bits per heavy atom. The molecule has 0 saturated carbocycles. The first-order chi connectivity index (χ1) is 15.2. The van der Waals surface area contributed by atoms with Crippen molar-refractivity contribution < 1.29 is 5.11 Å². The Hall–Kier alpha value is -3.71. The van der Waals surface area contributed by atoms with Crippen molar-refractivity contribution in [2.75, 3.05) is 5.32 Å². The van der Waals surface area contributed by atoms with Crippen LogP contribution in [0.3, 0.4) is 0 Å². The van der Waals surface area contributed by atoms with Crippen LogP contribution in [0.25, 0.3) is 28.0 Å². The van der Waals surface area contributed by atoms with E-state index in [-0.39, 0.29) is 5.75 Å². The maximum absolute atomic E-state index is 9.50. The molecule has 0 amide bonds. The second-order valence-corrected chi connectivity index (χ2v) is 7.95. The summed E-state index contributed by atoms with van der Waals surface area (Å²) < 4.78 is 2.62. The average molecular weight is 472 g/mol. The first-order valence-electron chi connectivity index (χ1n) is 9.74. The highest BCUT2D eigenvalue weighted by molar-refractivity contribution is 9.10. The van der Waals surface area contributed by atoms with Gasteiger partial charge in [0.1, 0.15) is 11.6 Å². The van der Waals surface area contributed by atoms with E-state index in [1.54, 1.807) is 29.0 Å². The molecule has 0 atom stereocenters. The van der Waals surface area contributed by atoms with E-state index in [2.05, 4.69) is 55.6 Å². The normalized spacial score (nSPS) is 11.0. The number of benzene rings is 2. The van der Waals surface area contributed by atoms with Crippen molar-refractivity contribution >= 4 is 27.4 Å². The van der Waals surface area contributed by atoms with E-state index in [1.165, 1.54) is 0 Å². The Morgan fingerprint density at radius 1 is 0.903 bits per heavy atom. The SMILES string of the molecule is Oc1ccc(-c2ccc(-c3cc(NCc4cccnc4)n4ncc(Br)c4n3)cc2)cc1. The minimum atomic E-state index is 0.260. The predicted molar refractivity (Wildman–Crippen MR) is 125 cm³/mol. The molecule has 0 bridgehead atoms. The fraction of sp³-hybridized carbons (Fsp3) is 0.0417. The fourth-order valence-corrected chi connectivity index (χ4v) is 3.74. The van der Waals surface area contributed by atoms with E-state index in [4.69, 9.17) is 4.98 Å². The number of nitrogens with zero attached hydrogens (tertiary/aromatic N) is 4. The van der Waals surface area contributed by atoms with E-state index in [0.29, 0.717) is 6.54 Å². The smallest absolute Gasteiger partial charge is 0.172 e. The van der Waals surface area contributed by atoms with E-state index in [9.17, 15) is 5.11 Å².